The first-order valence-corrected chi connectivity index (χ1v) is 8.23. The van der Waals surface area contributed by atoms with E-state index in [1.54, 1.807) is 11.3 Å². The van der Waals surface area contributed by atoms with E-state index >= 15 is 0 Å². The quantitative estimate of drug-likeness (QED) is 0.781. The second kappa shape index (κ2) is 5.52. The minimum absolute atomic E-state index is 0.155. The van der Waals surface area contributed by atoms with Crippen LogP contribution < -0.4 is 0 Å². The molecule has 3 aromatic rings. The molecule has 0 bridgehead atoms. The third-order valence-corrected chi connectivity index (χ3v) is 5.15. The van der Waals surface area contributed by atoms with Crippen molar-refractivity contribution in [3.05, 3.63) is 48.0 Å². The Kier molecular flexibility index (Phi) is 3.50. The van der Waals surface area contributed by atoms with E-state index in [0.717, 1.165) is 5.52 Å². The summed E-state index contributed by atoms with van der Waals surface area (Å²) in [5.41, 5.74) is 2.30. The van der Waals surface area contributed by atoms with Gasteiger partial charge < -0.3 is 19.5 Å². The van der Waals surface area contributed by atoms with E-state index in [0.29, 0.717) is 6.42 Å². The van der Waals surface area contributed by atoms with Gasteiger partial charge >= 0.3 is 0 Å². The maximum absolute atomic E-state index is 9.94. The number of rotatable bonds is 3. The lowest BCUT2D eigenvalue weighted by molar-refractivity contribution is -0.0428. The Morgan fingerprint density at radius 1 is 1.23 bits per heavy atom. The van der Waals surface area contributed by atoms with Gasteiger partial charge in [-0.2, -0.15) is 0 Å². The van der Waals surface area contributed by atoms with Crippen molar-refractivity contribution in [2.24, 2.45) is 0 Å². The van der Waals surface area contributed by atoms with Gasteiger partial charge in [-0.3, -0.25) is 0 Å². The van der Waals surface area contributed by atoms with Crippen molar-refractivity contribution in [3.63, 3.8) is 0 Å². The number of nitrogens with zero attached hydrogens (tertiary/aromatic N) is 1. The monoisotopic (exact) mass is 315 g/mol. The van der Waals surface area contributed by atoms with Crippen LogP contribution in [0.15, 0.2) is 48.0 Å². The third kappa shape index (κ3) is 2.18. The number of aromatic nitrogens is 1. The molecule has 2 N–H and O–H groups in total. The molecule has 114 valence electrons. The Labute approximate surface area is 132 Å². The van der Waals surface area contributed by atoms with Crippen molar-refractivity contribution >= 4 is 22.2 Å². The fourth-order valence-corrected chi connectivity index (χ4v) is 3.90. The molecule has 0 unspecified atom stereocenters. The van der Waals surface area contributed by atoms with Crippen molar-refractivity contribution < 1.29 is 14.9 Å². The Hall–Kier alpha value is -1.66. The van der Waals surface area contributed by atoms with Gasteiger partial charge in [0.25, 0.3) is 0 Å². The van der Waals surface area contributed by atoms with Crippen LogP contribution in [0.2, 0.25) is 0 Å². The molecule has 4 rings (SSSR count). The van der Waals surface area contributed by atoms with Crippen molar-refractivity contribution in [1.29, 1.82) is 0 Å². The zero-order chi connectivity index (χ0) is 15.1. The maximum Gasteiger partial charge on any atom is 0.137 e. The van der Waals surface area contributed by atoms with E-state index in [1.807, 2.05) is 16.8 Å². The molecular weight excluding hydrogens is 298 g/mol. The normalized spacial score (nSPS) is 25.1. The Morgan fingerprint density at radius 2 is 2.14 bits per heavy atom. The highest BCUT2D eigenvalue weighted by Crippen LogP contribution is 2.36. The van der Waals surface area contributed by atoms with Crippen LogP contribution in [0.25, 0.3) is 21.3 Å². The van der Waals surface area contributed by atoms with E-state index in [-0.39, 0.29) is 12.8 Å². The van der Waals surface area contributed by atoms with E-state index in [1.165, 1.54) is 15.8 Å². The Morgan fingerprint density at radius 3 is 2.86 bits per heavy atom. The van der Waals surface area contributed by atoms with Gasteiger partial charge in [-0.05, 0) is 23.6 Å². The van der Waals surface area contributed by atoms with Crippen LogP contribution in [0.1, 0.15) is 12.6 Å². The average Bonchev–Trinajstić information content (AvgIpc) is 3.25. The fourth-order valence-electron chi connectivity index (χ4n) is 3.14. The van der Waals surface area contributed by atoms with Crippen LogP contribution in [-0.2, 0) is 4.74 Å². The summed E-state index contributed by atoms with van der Waals surface area (Å²) in [4.78, 5) is 1.24. The molecule has 0 saturated carbocycles. The highest BCUT2D eigenvalue weighted by atomic mass is 32.1. The molecule has 0 amide bonds. The number of hydrogen-bond acceptors (Lipinski definition) is 4. The second-order valence-corrected chi connectivity index (χ2v) is 6.50. The zero-order valence-corrected chi connectivity index (χ0v) is 12.7. The fraction of sp³-hybridized carbons (Fsp3) is 0.294. The molecule has 22 heavy (non-hydrogen) atoms. The van der Waals surface area contributed by atoms with Crippen LogP contribution in [0.5, 0.6) is 0 Å². The van der Waals surface area contributed by atoms with Crippen molar-refractivity contribution in [3.8, 4) is 10.4 Å². The summed E-state index contributed by atoms with van der Waals surface area (Å²) in [5.74, 6) is 0. The number of fused-ring (bicyclic) bond motifs is 1. The van der Waals surface area contributed by atoms with Crippen LogP contribution in [-0.4, -0.2) is 33.6 Å². The van der Waals surface area contributed by atoms with E-state index in [2.05, 4.69) is 35.7 Å². The number of benzene rings is 1. The number of thiophene rings is 1. The molecule has 0 aliphatic carbocycles. The van der Waals surface area contributed by atoms with Gasteiger partial charge in [-0.15, -0.1) is 11.3 Å². The summed E-state index contributed by atoms with van der Waals surface area (Å²) in [6, 6.07) is 12.5. The molecule has 4 nitrogen and oxygen atoms in total. The van der Waals surface area contributed by atoms with Crippen LogP contribution >= 0.6 is 11.3 Å². The van der Waals surface area contributed by atoms with E-state index < -0.39 is 12.2 Å². The molecule has 5 heteroatoms. The first kappa shape index (κ1) is 14.0. The molecule has 1 saturated heterocycles. The van der Waals surface area contributed by atoms with Gasteiger partial charge in [0.2, 0.25) is 0 Å². The minimum atomic E-state index is -0.618. The number of aliphatic hydroxyl groups excluding tert-OH is 2. The average molecular weight is 315 g/mol. The highest BCUT2D eigenvalue weighted by Gasteiger charge is 2.34. The first-order valence-electron chi connectivity index (χ1n) is 7.36. The van der Waals surface area contributed by atoms with Gasteiger partial charge in [-0.1, -0.05) is 18.2 Å². The summed E-state index contributed by atoms with van der Waals surface area (Å²) < 4.78 is 7.82. The van der Waals surface area contributed by atoms with Gasteiger partial charge in [0.1, 0.15) is 12.3 Å². The first-order chi connectivity index (χ1) is 10.8. The third-order valence-electron chi connectivity index (χ3n) is 4.24. The van der Waals surface area contributed by atoms with Crippen molar-refractivity contribution in [2.45, 2.75) is 24.9 Å². The Bertz CT molecular complexity index is 780. The molecule has 0 radical (unpaired) electrons. The minimum Gasteiger partial charge on any atom is -0.394 e. The zero-order valence-electron chi connectivity index (χ0n) is 11.9. The second-order valence-electron chi connectivity index (χ2n) is 5.55. The van der Waals surface area contributed by atoms with Crippen LogP contribution in [0, 0.1) is 0 Å². The lowest BCUT2D eigenvalue weighted by Gasteiger charge is -2.15. The predicted molar refractivity (Wildman–Crippen MR) is 86.9 cm³/mol. The summed E-state index contributed by atoms with van der Waals surface area (Å²) in [6.07, 6.45) is 1.15. The van der Waals surface area contributed by atoms with E-state index in [4.69, 9.17) is 4.74 Å². The van der Waals surface area contributed by atoms with Gasteiger partial charge in [0, 0.05) is 28.4 Å². The molecule has 3 heterocycles. The molecule has 1 aromatic carbocycles. The van der Waals surface area contributed by atoms with E-state index in [9.17, 15) is 10.2 Å². The molecule has 1 fully saturated rings. The van der Waals surface area contributed by atoms with Crippen molar-refractivity contribution in [2.75, 3.05) is 6.61 Å². The molecule has 3 atom stereocenters. The predicted octanol–water partition coefficient (Wildman–Crippen LogP) is 3.01. The number of hydrogen-bond donors (Lipinski definition) is 2. The molecule has 1 aliphatic heterocycles. The number of aliphatic hydroxyl groups is 2. The van der Waals surface area contributed by atoms with Crippen molar-refractivity contribution in [1.82, 2.24) is 4.57 Å². The van der Waals surface area contributed by atoms with Crippen LogP contribution in [0.3, 0.4) is 0 Å². The Balaban J connectivity index is 1.77. The molecule has 2 aromatic heterocycles. The van der Waals surface area contributed by atoms with Gasteiger partial charge in [0.05, 0.1) is 18.2 Å². The van der Waals surface area contributed by atoms with Gasteiger partial charge in [-0.25, -0.2) is 0 Å². The van der Waals surface area contributed by atoms with Crippen LogP contribution in [0.4, 0.5) is 0 Å². The lowest BCUT2D eigenvalue weighted by Crippen LogP contribution is -2.24. The SMILES string of the molecule is OC[C@H]1O[C@@H](n2ccc3c(-c4cccs4)cccc32)C[C@@H]1O. The van der Waals surface area contributed by atoms with Gasteiger partial charge in [0.15, 0.2) is 0 Å². The standard InChI is InChI=1S/C17H17NO3S/c19-10-15-14(20)9-17(21-15)18-7-6-11-12(3-1-4-13(11)18)16-5-2-8-22-16/h1-8,14-15,17,19-20H,9-10H2/t14-,15+,17+/m0/s1. The highest BCUT2D eigenvalue weighted by molar-refractivity contribution is 7.13. The summed E-state index contributed by atoms with van der Waals surface area (Å²) in [6.45, 7) is -0.155. The molecule has 1 aliphatic rings. The smallest absolute Gasteiger partial charge is 0.137 e. The largest absolute Gasteiger partial charge is 0.394 e. The lowest BCUT2D eigenvalue weighted by atomic mass is 10.1. The molecule has 0 spiro atoms. The molecular formula is C17H17NO3S. The summed E-state index contributed by atoms with van der Waals surface area (Å²) in [7, 11) is 0. The summed E-state index contributed by atoms with van der Waals surface area (Å²) in [5, 5.41) is 22.4. The topological polar surface area (TPSA) is 54.6 Å². The number of ether oxygens (including phenoxy) is 1. The maximum atomic E-state index is 9.94. The summed E-state index contributed by atoms with van der Waals surface area (Å²) >= 11 is 1.72.